The van der Waals surface area contributed by atoms with Crippen molar-refractivity contribution in [1.29, 1.82) is 0 Å². The van der Waals surface area contributed by atoms with Gasteiger partial charge in [-0.1, -0.05) is 24.3 Å². The molecule has 0 fully saturated rings. The molecule has 1 aliphatic rings. The molecule has 2 N–H and O–H groups in total. The van der Waals surface area contributed by atoms with Crippen LogP contribution in [0.2, 0.25) is 0 Å². The lowest BCUT2D eigenvalue weighted by Gasteiger charge is -2.13. The van der Waals surface area contributed by atoms with Crippen LogP contribution < -0.4 is 11.3 Å². The van der Waals surface area contributed by atoms with Crippen molar-refractivity contribution in [1.82, 2.24) is 19.3 Å². The quantitative estimate of drug-likeness (QED) is 0.556. The molecule has 0 bridgehead atoms. The van der Waals surface area contributed by atoms with E-state index in [2.05, 4.69) is 6.07 Å². The number of hydrogen-bond acceptors (Lipinski definition) is 4. The first-order chi connectivity index (χ1) is 13.5. The van der Waals surface area contributed by atoms with Gasteiger partial charge in [0.2, 0.25) is 0 Å². The highest BCUT2D eigenvalue weighted by Crippen LogP contribution is 2.34. The molecule has 0 saturated carbocycles. The molecule has 0 unspecified atom stereocenters. The average molecular weight is 371 g/mol. The Bertz CT molecular complexity index is 1280. The first kappa shape index (κ1) is 16.7. The number of nitrogens with two attached hydrogens (primary N) is 1. The number of fused-ring (bicyclic) bond motifs is 4. The summed E-state index contributed by atoms with van der Waals surface area (Å²) in [4.78, 5) is 18.2. The van der Waals surface area contributed by atoms with Crippen LogP contribution in [0.3, 0.4) is 0 Å². The van der Waals surface area contributed by atoms with Crippen LogP contribution in [0.1, 0.15) is 23.2 Å². The van der Waals surface area contributed by atoms with Gasteiger partial charge in [0.1, 0.15) is 11.6 Å². The largest absolute Gasteiger partial charge is 0.383 e. The minimum absolute atomic E-state index is 0.00786. The maximum Gasteiger partial charge on any atom is 0.261 e. The number of hydrogen-bond donors (Lipinski definition) is 1. The molecule has 0 amide bonds. The van der Waals surface area contributed by atoms with Crippen molar-refractivity contribution in [3.8, 4) is 17.1 Å². The minimum Gasteiger partial charge on any atom is -0.383 e. The number of nitrogens with zero attached hydrogens (tertiary/aromatic N) is 4. The van der Waals surface area contributed by atoms with Crippen LogP contribution in [0.5, 0.6) is 0 Å². The topological polar surface area (TPSA) is 78.7 Å². The van der Waals surface area contributed by atoms with Crippen LogP contribution in [0.4, 0.5) is 5.82 Å². The van der Waals surface area contributed by atoms with Gasteiger partial charge in [0.15, 0.2) is 0 Å². The number of rotatable bonds is 1. The SMILES string of the molecule is Cc1cc(C)c2nc3n(c(=O)c2c1)CCCc1nn(-c2ccccc2)c(N)c1-3. The van der Waals surface area contributed by atoms with Gasteiger partial charge < -0.3 is 5.73 Å². The Balaban J connectivity index is 1.84. The highest BCUT2D eigenvalue weighted by molar-refractivity contribution is 5.85. The van der Waals surface area contributed by atoms with Crippen molar-refractivity contribution < 1.29 is 0 Å². The zero-order chi connectivity index (χ0) is 19.4. The Morgan fingerprint density at radius 3 is 2.68 bits per heavy atom. The van der Waals surface area contributed by atoms with E-state index in [1.54, 1.807) is 9.25 Å². The third-order valence-electron chi connectivity index (χ3n) is 5.41. The summed E-state index contributed by atoms with van der Waals surface area (Å²) in [6.45, 7) is 4.61. The van der Waals surface area contributed by atoms with E-state index in [9.17, 15) is 4.79 Å². The van der Waals surface area contributed by atoms with E-state index in [0.717, 1.165) is 46.4 Å². The zero-order valence-corrected chi connectivity index (χ0v) is 15.9. The predicted molar refractivity (Wildman–Crippen MR) is 111 cm³/mol. The summed E-state index contributed by atoms with van der Waals surface area (Å²) in [5, 5.41) is 5.43. The summed E-state index contributed by atoms with van der Waals surface area (Å²) in [6.07, 6.45) is 1.58. The minimum atomic E-state index is -0.00786. The number of aromatic nitrogens is 4. The second-order valence-electron chi connectivity index (χ2n) is 7.43. The highest BCUT2D eigenvalue weighted by Gasteiger charge is 2.26. The lowest BCUT2D eigenvalue weighted by atomic mass is 10.1. The standard InChI is InChI=1S/C22H21N5O/c1-13-11-14(2)19-16(12-13)22(28)26-10-6-9-17-18(21(26)24-19)20(23)27(25-17)15-7-4-3-5-8-15/h3-5,7-8,11-12H,6,9-10,23H2,1-2H3. The fraction of sp³-hybridized carbons (Fsp3) is 0.227. The molecule has 0 spiro atoms. The van der Waals surface area contributed by atoms with E-state index in [0.29, 0.717) is 23.6 Å². The van der Waals surface area contributed by atoms with Crippen LogP contribution in [0.15, 0.2) is 47.3 Å². The summed E-state index contributed by atoms with van der Waals surface area (Å²) in [5.74, 6) is 1.14. The van der Waals surface area contributed by atoms with Crippen molar-refractivity contribution in [2.45, 2.75) is 33.2 Å². The van der Waals surface area contributed by atoms with Gasteiger partial charge in [0.05, 0.1) is 27.8 Å². The second kappa shape index (κ2) is 6.05. The normalized spacial score (nSPS) is 13.2. The zero-order valence-electron chi connectivity index (χ0n) is 15.9. The van der Waals surface area contributed by atoms with E-state index >= 15 is 0 Å². The Morgan fingerprint density at radius 1 is 1.11 bits per heavy atom. The highest BCUT2D eigenvalue weighted by atomic mass is 16.1. The van der Waals surface area contributed by atoms with Crippen LogP contribution in [0, 0.1) is 13.8 Å². The molecular weight excluding hydrogens is 350 g/mol. The van der Waals surface area contributed by atoms with Crippen LogP contribution in [-0.4, -0.2) is 19.3 Å². The Hall–Kier alpha value is -3.41. The van der Waals surface area contributed by atoms with E-state index in [1.165, 1.54) is 0 Å². The summed E-state index contributed by atoms with van der Waals surface area (Å²) < 4.78 is 3.51. The van der Waals surface area contributed by atoms with Crippen molar-refractivity contribution >= 4 is 16.7 Å². The Morgan fingerprint density at radius 2 is 1.89 bits per heavy atom. The number of para-hydroxylation sites is 1. The molecular formula is C22H21N5O. The number of nitrogen functional groups attached to an aromatic ring is 1. The molecule has 28 heavy (non-hydrogen) atoms. The van der Waals surface area contributed by atoms with Crippen LogP contribution >= 0.6 is 0 Å². The lowest BCUT2D eigenvalue weighted by Crippen LogP contribution is -2.23. The van der Waals surface area contributed by atoms with Crippen molar-refractivity contribution in [3.63, 3.8) is 0 Å². The smallest absolute Gasteiger partial charge is 0.261 e. The second-order valence-corrected chi connectivity index (χ2v) is 7.43. The van der Waals surface area contributed by atoms with E-state index in [-0.39, 0.29) is 5.56 Å². The summed E-state index contributed by atoms with van der Waals surface area (Å²) in [5.41, 5.74) is 11.9. The number of benzene rings is 2. The van der Waals surface area contributed by atoms with Gasteiger partial charge in [-0.05, 0) is 56.0 Å². The average Bonchev–Trinajstić information content (AvgIpc) is 2.89. The first-order valence-electron chi connectivity index (χ1n) is 9.49. The van der Waals surface area contributed by atoms with Crippen molar-refractivity contribution in [3.05, 3.63) is 69.6 Å². The monoisotopic (exact) mass is 371 g/mol. The molecule has 140 valence electrons. The molecule has 5 rings (SSSR count). The molecule has 2 aromatic carbocycles. The molecule has 2 aromatic heterocycles. The number of aryl methyl sites for hydroxylation is 3. The fourth-order valence-electron chi connectivity index (χ4n) is 4.15. The molecule has 4 aromatic rings. The molecule has 0 radical (unpaired) electrons. The van der Waals surface area contributed by atoms with Gasteiger partial charge in [0, 0.05) is 6.54 Å². The summed E-state index contributed by atoms with van der Waals surface area (Å²) in [7, 11) is 0. The van der Waals surface area contributed by atoms with Gasteiger partial charge in [-0.3, -0.25) is 9.36 Å². The summed E-state index contributed by atoms with van der Waals surface area (Å²) in [6, 6.07) is 13.8. The molecule has 1 aliphatic heterocycles. The molecule has 0 saturated heterocycles. The van der Waals surface area contributed by atoms with Crippen LogP contribution in [0.25, 0.3) is 28.0 Å². The Kier molecular flexibility index (Phi) is 3.62. The first-order valence-corrected chi connectivity index (χ1v) is 9.49. The van der Waals surface area contributed by atoms with Crippen LogP contribution in [-0.2, 0) is 13.0 Å². The van der Waals surface area contributed by atoms with Gasteiger partial charge in [0.25, 0.3) is 5.56 Å². The Labute approximate surface area is 162 Å². The van der Waals surface area contributed by atoms with Gasteiger partial charge in [-0.2, -0.15) is 5.10 Å². The predicted octanol–water partition coefficient (Wildman–Crippen LogP) is 3.39. The van der Waals surface area contributed by atoms with E-state index in [4.69, 9.17) is 15.8 Å². The molecule has 0 aliphatic carbocycles. The van der Waals surface area contributed by atoms with E-state index < -0.39 is 0 Å². The van der Waals surface area contributed by atoms with E-state index in [1.807, 2.05) is 50.2 Å². The van der Waals surface area contributed by atoms with Crippen molar-refractivity contribution in [2.24, 2.45) is 0 Å². The lowest BCUT2D eigenvalue weighted by molar-refractivity contribution is 0.629. The third-order valence-corrected chi connectivity index (χ3v) is 5.41. The molecule has 0 atom stereocenters. The summed E-state index contributed by atoms with van der Waals surface area (Å²) >= 11 is 0. The molecule has 6 nitrogen and oxygen atoms in total. The fourth-order valence-corrected chi connectivity index (χ4v) is 4.15. The molecule has 3 heterocycles. The maximum absolute atomic E-state index is 13.3. The van der Waals surface area contributed by atoms with Gasteiger partial charge in [-0.15, -0.1) is 0 Å². The third kappa shape index (κ3) is 2.37. The van der Waals surface area contributed by atoms with Gasteiger partial charge in [-0.25, -0.2) is 9.67 Å². The van der Waals surface area contributed by atoms with Gasteiger partial charge >= 0.3 is 0 Å². The number of anilines is 1. The molecule has 6 heteroatoms. The van der Waals surface area contributed by atoms with Crippen molar-refractivity contribution in [2.75, 3.05) is 5.73 Å². The maximum atomic E-state index is 13.3.